The molecule has 0 aliphatic rings. The molecule has 1 aromatic carbocycles. The van der Waals surface area contributed by atoms with Crippen LogP contribution in [0.15, 0.2) is 30.3 Å². The molecule has 0 amide bonds. The van der Waals surface area contributed by atoms with Crippen LogP contribution < -0.4 is 0 Å². The topological polar surface area (TPSA) is 60.4 Å². The van der Waals surface area contributed by atoms with E-state index in [0.717, 1.165) is 0 Å². The number of hydrogen-bond donors (Lipinski definition) is 0. The van der Waals surface area contributed by atoms with Crippen LogP contribution in [0.1, 0.15) is 23.7 Å². The normalized spacial score (nSPS) is 11.6. The van der Waals surface area contributed by atoms with E-state index in [-0.39, 0.29) is 18.0 Å². The molecule has 0 unspecified atom stereocenters. The zero-order chi connectivity index (χ0) is 12.8. The third kappa shape index (κ3) is 3.52. The number of ether oxygens (including phenoxy) is 1. The molecule has 0 spiro atoms. The summed E-state index contributed by atoms with van der Waals surface area (Å²) in [6.45, 7) is 1.30. The Labute approximate surface area is 99.6 Å². The Bertz CT molecular complexity index is 422. The summed E-state index contributed by atoms with van der Waals surface area (Å²) in [7, 11) is 1.23. The minimum absolute atomic E-state index is 0.209. The van der Waals surface area contributed by atoms with Gasteiger partial charge in [-0.3, -0.25) is 14.4 Å². The monoisotopic (exact) mass is 234 g/mol. The molecule has 4 heteroatoms. The predicted octanol–water partition coefficient (Wildman–Crippen LogP) is 1.64. The maximum absolute atomic E-state index is 12.0. The van der Waals surface area contributed by atoms with Crippen LogP contribution >= 0.6 is 0 Å². The number of esters is 1. The molecular formula is C13H14O4. The smallest absolute Gasteiger partial charge is 0.306 e. The molecule has 0 aliphatic carbocycles. The molecule has 0 heterocycles. The highest BCUT2D eigenvalue weighted by atomic mass is 16.5. The number of hydrogen-bond acceptors (Lipinski definition) is 4. The van der Waals surface area contributed by atoms with Crippen molar-refractivity contribution in [1.82, 2.24) is 0 Å². The number of methoxy groups -OCH3 is 1. The van der Waals surface area contributed by atoms with Gasteiger partial charge in [0.05, 0.1) is 19.4 Å². The Kier molecular flexibility index (Phi) is 4.57. The van der Waals surface area contributed by atoms with Crippen molar-refractivity contribution in [2.24, 2.45) is 5.92 Å². The molecular weight excluding hydrogens is 220 g/mol. The average Bonchev–Trinajstić information content (AvgIpc) is 2.35. The summed E-state index contributed by atoms with van der Waals surface area (Å²) in [6.07, 6.45) is -0.209. The maximum Gasteiger partial charge on any atom is 0.306 e. The van der Waals surface area contributed by atoms with Gasteiger partial charge in [0.25, 0.3) is 0 Å². The zero-order valence-electron chi connectivity index (χ0n) is 9.80. The van der Waals surface area contributed by atoms with Crippen molar-refractivity contribution in [3.8, 4) is 0 Å². The van der Waals surface area contributed by atoms with E-state index in [9.17, 15) is 14.4 Å². The van der Waals surface area contributed by atoms with Crippen LogP contribution in [0.2, 0.25) is 0 Å². The van der Waals surface area contributed by atoms with Gasteiger partial charge in [-0.15, -0.1) is 0 Å². The van der Waals surface area contributed by atoms with E-state index >= 15 is 0 Å². The van der Waals surface area contributed by atoms with Gasteiger partial charge < -0.3 is 4.74 Å². The summed E-state index contributed by atoms with van der Waals surface area (Å²) < 4.78 is 4.47. The van der Waals surface area contributed by atoms with Crippen molar-refractivity contribution >= 4 is 17.5 Å². The number of benzene rings is 1. The van der Waals surface area contributed by atoms with Gasteiger partial charge in [-0.2, -0.15) is 0 Å². The number of ketones is 2. The van der Waals surface area contributed by atoms with Crippen LogP contribution in [0.3, 0.4) is 0 Å². The third-order valence-corrected chi connectivity index (χ3v) is 2.46. The van der Waals surface area contributed by atoms with Gasteiger partial charge in [0.15, 0.2) is 5.78 Å². The van der Waals surface area contributed by atoms with Crippen molar-refractivity contribution in [3.63, 3.8) is 0 Å². The van der Waals surface area contributed by atoms with Crippen LogP contribution in [0, 0.1) is 5.92 Å². The van der Waals surface area contributed by atoms with Crippen LogP contribution in [-0.2, 0) is 14.3 Å². The first-order valence-corrected chi connectivity index (χ1v) is 5.22. The summed E-state index contributed by atoms with van der Waals surface area (Å²) in [6, 6.07) is 8.44. The van der Waals surface area contributed by atoms with Gasteiger partial charge in [-0.1, -0.05) is 30.3 Å². The SMILES string of the molecule is COC(=O)C[C@H](C(C)=O)C(=O)c1ccccc1. The zero-order valence-corrected chi connectivity index (χ0v) is 9.80. The molecule has 0 saturated carbocycles. The summed E-state index contributed by atoms with van der Waals surface area (Å²) in [5.41, 5.74) is 0.427. The first-order chi connectivity index (χ1) is 8.06. The molecule has 1 aromatic rings. The van der Waals surface area contributed by atoms with E-state index in [2.05, 4.69) is 4.74 Å². The molecule has 17 heavy (non-hydrogen) atoms. The third-order valence-electron chi connectivity index (χ3n) is 2.46. The van der Waals surface area contributed by atoms with E-state index < -0.39 is 11.9 Å². The van der Waals surface area contributed by atoms with E-state index in [1.54, 1.807) is 30.3 Å². The van der Waals surface area contributed by atoms with E-state index in [4.69, 9.17) is 0 Å². The molecule has 0 radical (unpaired) electrons. The second-order valence-electron chi connectivity index (χ2n) is 3.67. The van der Waals surface area contributed by atoms with E-state index in [1.165, 1.54) is 14.0 Å². The largest absolute Gasteiger partial charge is 0.469 e. The number of Topliss-reactive ketones (excluding diaryl/α,β-unsaturated/α-hetero) is 2. The molecule has 0 saturated heterocycles. The van der Waals surface area contributed by atoms with Crippen molar-refractivity contribution in [2.45, 2.75) is 13.3 Å². The number of rotatable bonds is 5. The lowest BCUT2D eigenvalue weighted by Crippen LogP contribution is -2.25. The molecule has 0 aromatic heterocycles. The first kappa shape index (κ1) is 13.1. The molecule has 90 valence electrons. The Balaban J connectivity index is 2.89. The van der Waals surface area contributed by atoms with Gasteiger partial charge in [-0.05, 0) is 6.92 Å². The average molecular weight is 234 g/mol. The fourth-order valence-corrected chi connectivity index (χ4v) is 1.47. The minimum Gasteiger partial charge on any atom is -0.469 e. The first-order valence-electron chi connectivity index (χ1n) is 5.22. The van der Waals surface area contributed by atoms with Crippen molar-refractivity contribution < 1.29 is 19.1 Å². The Morgan fingerprint density at radius 1 is 1.18 bits per heavy atom. The standard InChI is InChI=1S/C13H14O4/c1-9(14)11(8-12(15)17-2)13(16)10-6-4-3-5-7-10/h3-7,11H,8H2,1-2H3/t11-/m1/s1. The quantitative estimate of drug-likeness (QED) is 0.441. The molecule has 4 nitrogen and oxygen atoms in total. The fourth-order valence-electron chi connectivity index (χ4n) is 1.47. The van der Waals surface area contributed by atoms with Crippen LogP contribution in [-0.4, -0.2) is 24.6 Å². The number of carbonyl (C=O) groups excluding carboxylic acids is 3. The highest BCUT2D eigenvalue weighted by Crippen LogP contribution is 2.14. The van der Waals surface area contributed by atoms with E-state index in [1.807, 2.05) is 0 Å². The highest BCUT2D eigenvalue weighted by molar-refractivity contribution is 6.11. The summed E-state index contributed by atoms with van der Waals surface area (Å²) in [4.78, 5) is 34.5. The van der Waals surface area contributed by atoms with Crippen molar-refractivity contribution in [1.29, 1.82) is 0 Å². The summed E-state index contributed by atoms with van der Waals surface area (Å²) in [5, 5.41) is 0. The summed E-state index contributed by atoms with van der Waals surface area (Å²) in [5.74, 6) is -2.19. The lowest BCUT2D eigenvalue weighted by atomic mass is 9.91. The summed E-state index contributed by atoms with van der Waals surface area (Å²) >= 11 is 0. The highest BCUT2D eigenvalue weighted by Gasteiger charge is 2.27. The lowest BCUT2D eigenvalue weighted by molar-refractivity contribution is -0.143. The molecule has 0 fully saturated rings. The van der Waals surface area contributed by atoms with Gasteiger partial charge in [0, 0.05) is 5.56 Å². The van der Waals surface area contributed by atoms with Gasteiger partial charge >= 0.3 is 5.97 Å². The molecule has 0 aliphatic heterocycles. The molecule has 0 N–H and O–H groups in total. The van der Waals surface area contributed by atoms with Gasteiger partial charge in [0.1, 0.15) is 5.78 Å². The minimum atomic E-state index is -0.954. The van der Waals surface area contributed by atoms with Crippen LogP contribution in [0.5, 0.6) is 0 Å². The van der Waals surface area contributed by atoms with E-state index in [0.29, 0.717) is 5.56 Å². The maximum atomic E-state index is 12.0. The van der Waals surface area contributed by atoms with Crippen LogP contribution in [0.25, 0.3) is 0 Å². The second kappa shape index (κ2) is 5.94. The van der Waals surface area contributed by atoms with Gasteiger partial charge in [0.2, 0.25) is 0 Å². The Morgan fingerprint density at radius 3 is 2.24 bits per heavy atom. The Hall–Kier alpha value is -1.97. The molecule has 0 bridgehead atoms. The second-order valence-corrected chi connectivity index (χ2v) is 3.67. The van der Waals surface area contributed by atoms with Crippen molar-refractivity contribution in [2.75, 3.05) is 7.11 Å². The van der Waals surface area contributed by atoms with Crippen LogP contribution in [0.4, 0.5) is 0 Å². The Morgan fingerprint density at radius 2 is 1.76 bits per heavy atom. The predicted molar refractivity (Wildman–Crippen MR) is 61.6 cm³/mol. The fraction of sp³-hybridized carbons (Fsp3) is 0.308. The lowest BCUT2D eigenvalue weighted by Gasteiger charge is -2.11. The van der Waals surface area contributed by atoms with Gasteiger partial charge in [-0.25, -0.2) is 0 Å². The molecule has 1 atom stereocenters. The molecule has 1 rings (SSSR count). The number of carbonyl (C=O) groups is 3. The van der Waals surface area contributed by atoms with Crippen molar-refractivity contribution in [3.05, 3.63) is 35.9 Å².